The number of hydrogen-bond acceptors (Lipinski definition) is 3. The predicted molar refractivity (Wildman–Crippen MR) is 63.4 cm³/mol. The number of carboxylic acids is 1. The van der Waals surface area contributed by atoms with Crippen LogP contribution < -0.4 is 0 Å². The number of alkyl halides is 3. The molecule has 1 aromatic heterocycles. The van der Waals surface area contributed by atoms with Gasteiger partial charge in [-0.1, -0.05) is 36.9 Å². The smallest absolute Gasteiger partial charge is 0.451 e. The Kier molecular flexibility index (Phi) is 3.31. The number of carboxylic acid groups (broad SMARTS) is 1. The van der Waals surface area contributed by atoms with Crippen molar-refractivity contribution in [2.45, 2.75) is 6.18 Å². The average Bonchev–Trinajstić information content (AvgIpc) is 2.83. The second-order valence-electron chi connectivity index (χ2n) is 3.79. The molecule has 0 radical (unpaired) electrons. The zero-order chi connectivity index (χ0) is 14.9. The van der Waals surface area contributed by atoms with Gasteiger partial charge in [0, 0.05) is 5.56 Å². The molecule has 5 nitrogen and oxygen atoms in total. The quantitative estimate of drug-likeness (QED) is 0.879. The van der Waals surface area contributed by atoms with Gasteiger partial charge in [0.15, 0.2) is 5.82 Å². The molecule has 1 heterocycles. The summed E-state index contributed by atoms with van der Waals surface area (Å²) in [4.78, 5) is 14.1. The van der Waals surface area contributed by atoms with E-state index in [0.29, 0.717) is 5.56 Å². The van der Waals surface area contributed by atoms with E-state index in [4.69, 9.17) is 5.11 Å². The fraction of sp³-hybridized carbons (Fsp3) is 0.0833. The molecule has 0 bridgehead atoms. The molecule has 104 valence electrons. The van der Waals surface area contributed by atoms with Crippen LogP contribution in [0.2, 0.25) is 0 Å². The number of carbonyl (C=O) groups is 1. The van der Waals surface area contributed by atoms with Crippen LogP contribution in [0.1, 0.15) is 5.82 Å². The first-order valence-corrected chi connectivity index (χ1v) is 5.33. The summed E-state index contributed by atoms with van der Waals surface area (Å²) in [6.45, 7) is 3.07. The molecule has 0 unspecified atom stereocenters. The van der Waals surface area contributed by atoms with Crippen molar-refractivity contribution in [1.82, 2.24) is 14.8 Å². The molecule has 0 saturated carbocycles. The Bertz CT molecular complexity index is 662. The van der Waals surface area contributed by atoms with Gasteiger partial charge in [0.05, 0.1) is 0 Å². The van der Waals surface area contributed by atoms with Crippen LogP contribution >= 0.6 is 0 Å². The van der Waals surface area contributed by atoms with Crippen molar-refractivity contribution in [3.05, 3.63) is 42.7 Å². The molecular formula is C12H8F3N3O2. The average molecular weight is 283 g/mol. The van der Waals surface area contributed by atoms with E-state index in [-0.39, 0.29) is 10.5 Å². The lowest BCUT2D eigenvalue weighted by molar-refractivity contribution is -0.146. The molecule has 1 aromatic carbocycles. The first-order valence-electron chi connectivity index (χ1n) is 5.33. The minimum Gasteiger partial charge on any atom is -0.477 e. The third kappa shape index (κ3) is 2.53. The standard InChI is InChI=1S/C12H8F3N3O2/c1-7(10(19)20)18-11(12(13,14)15)16-9(17-18)8-5-3-2-4-6-8/h2-6H,1H2,(H,19,20). The van der Waals surface area contributed by atoms with Crippen molar-refractivity contribution in [2.75, 3.05) is 0 Å². The second kappa shape index (κ2) is 4.80. The normalized spacial score (nSPS) is 11.3. The fourth-order valence-corrected chi connectivity index (χ4v) is 1.48. The Morgan fingerprint density at radius 1 is 1.25 bits per heavy atom. The number of rotatable bonds is 3. The highest BCUT2D eigenvalue weighted by atomic mass is 19.4. The summed E-state index contributed by atoms with van der Waals surface area (Å²) in [6.07, 6.45) is -4.83. The fourth-order valence-electron chi connectivity index (χ4n) is 1.48. The molecule has 0 fully saturated rings. The maximum absolute atomic E-state index is 12.8. The highest BCUT2D eigenvalue weighted by Gasteiger charge is 2.39. The molecule has 2 rings (SSSR count). The maximum atomic E-state index is 12.8. The van der Waals surface area contributed by atoms with Gasteiger partial charge in [-0.2, -0.15) is 13.2 Å². The Balaban J connectivity index is 2.59. The van der Waals surface area contributed by atoms with E-state index in [9.17, 15) is 18.0 Å². The van der Waals surface area contributed by atoms with Crippen molar-refractivity contribution in [3.63, 3.8) is 0 Å². The van der Waals surface area contributed by atoms with Crippen LogP contribution in [-0.4, -0.2) is 25.8 Å². The SMILES string of the molecule is C=C(C(=O)O)n1nc(-c2ccccc2)nc1C(F)(F)F. The summed E-state index contributed by atoms with van der Waals surface area (Å²) in [7, 11) is 0. The first-order chi connectivity index (χ1) is 9.30. The van der Waals surface area contributed by atoms with E-state index >= 15 is 0 Å². The van der Waals surface area contributed by atoms with Gasteiger partial charge in [-0.3, -0.25) is 0 Å². The van der Waals surface area contributed by atoms with Crippen molar-refractivity contribution in [2.24, 2.45) is 0 Å². The van der Waals surface area contributed by atoms with Crippen LogP contribution in [0.3, 0.4) is 0 Å². The van der Waals surface area contributed by atoms with Gasteiger partial charge in [-0.05, 0) is 0 Å². The van der Waals surface area contributed by atoms with Crippen molar-refractivity contribution in [1.29, 1.82) is 0 Å². The van der Waals surface area contributed by atoms with Gasteiger partial charge in [0.1, 0.15) is 5.70 Å². The van der Waals surface area contributed by atoms with Crippen molar-refractivity contribution in [3.8, 4) is 11.4 Å². The molecule has 0 aliphatic heterocycles. The third-order valence-electron chi connectivity index (χ3n) is 2.40. The molecule has 0 aliphatic rings. The topological polar surface area (TPSA) is 68.0 Å². The summed E-state index contributed by atoms with van der Waals surface area (Å²) in [5.41, 5.74) is -0.484. The van der Waals surface area contributed by atoms with Crippen molar-refractivity contribution < 1.29 is 23.1 Å². The Morgan fingerprint density at radius 3 is 2.35 bits per heavy atom. The molecule has 0 spiro atoms. The van der Waals surface area contributed by atoms with Gasteiger partial charge in [0.2, 0.25) is 5.82 Å². The second-order valence-corrected chi connectivity index (χ2v) is 3.79. The van der Waals surface area contributed by atoms with Gasteiger partial charge in [0.25, 0.3) is 0 Å². The van der Waals surface area contributed by atoms with Gasteiger partial charge in [-0.15, -0.1) is 5.10 Å². The summed E-state index contributed by atoms with van der Waals surface area (Å²) in [5, 5.41) is 12.3. The molecule has 0 saturated heterocycles. The predicted octanol–water partition coefficient (Wildman–Crippen LogP) is 2.52. The number of halogens is 3. The van der Waals surface area contributed by atoms with E-state index in [0.717, 1.165) is 0 Å². The lowest BCUT2D eigenvalue weighted by Gasteiger charge is -2.07. The minimum absolute atomic E-state index is 0.185. The molecule has 2 aromatic rings. The zero-order valence-corrected chi connectivity index (χ0v) is 9.92. The van der Waals surface area contributed by atoms with E-state index in [1.807, 2.05) is 0 Å². The zero-order valence-electron chi connectivity index (χ0n) is 9.92. The summed E-state index contributed by atoms with van der Waals surface area (Å²) < 4.78 is 38.7. The van der Waals surface area contributed by atoms with Crippen LogP contribution in [0.4, 0.5) is 13.2 Å². The lowest BCUT2D eigenvalue weighted by Crippen LogP contribution is -2.18. The van der Waals surface area contributed by atoms with Gasteiger partial charge < -0.3 is 5.11 Å². The van der Waals surface area contributed by atoms with Crippen LogP contribution in [0.15, 0.2) is 36.9 Å². The van der Waals surface area contributed by atoms with Crippen LogP contribution in [-0.2, 0) is 11.0 Å². The Hall–Kier alpha value is -2.64. The van der Waals surface area contributed by atoms with E-state index in [2.05, 4.69) is 16.7 Å². The number of nitrogens with zero attached hydrogens (tertiary/aromatic N) is 3. The Labute approximate surface area is 111 Å². The first kappa shape index (κ1) is 13.8. The largest absolute Gasteiger partial charge is 0.477 e. The maximum Gasteiger partial charge on any atom is 0.451 e. The highest BCUT2D eigenvalue weighted by molar-refractivity contribution is 6.07. The number of benzene rings is 1. The lowest BCUT2D eigenvalue weighted by atomic mass is 10.2. The molecule has 8 heteroatoms. The van der Waals surface area contributed by atoms with Gasteiger partial charge >= 0.3 is 12.1 Å². The summed E-state index contributed by atoms with van der Waals surface area (Å²) in [5.74, 6) is -3.26. The van der Waals surface area contributed by atoms with E-state index in [1.165, 1.54) is 12.1 Å². The summed E-state index contributed by atoms with van der Waals surface area (Å²) >= 11 is 0. The van der Waals surface area contributed by atoms with E-state index in [1.54, 1.807) is 18.2 Å². The van der Waals surface area contributed by atoms with Crippen LogP contribution in [0, 0.1) is 0 Å². The molecule has 0 atom stereocenters. The molecule has 1 N–H and O–H groups in total. The third-order valence-corrected chi connectivity index (χ3v) is 2.40. The highest BCUT2D eigenvalue weighted by Crippen LogP contribution is 2.30. The van der Waals surface area contributed by atoms with Crippen LogP contribution in [0.25, 0.3) is 17.1 Å². The number of aromatic nitrogens is 3. The molecule has 20 heavy (non-hydrogen) atoms. The Morgan fingerprint density at radius 2 is 1.85 bits per heavy atom. The van der Waals surface area contributed by atoms with Crippen LogP contribution in [0.5, 0.6) is 0 Å². The van der Waals surface area contributed by atoms with E-state index < -0.39 is 23.7 Å². The number of aliphatic carboxylic acids is 1. The molecule has 0 aliphatic carbocycles. The monoisotopic (exact) mass is 283 g/mol. The number of hydrogen-bond donors (Lipinski definition) is 1. The molecule has 0 amide bonds. The van der Waals surface area contributed by atoms with Crippen molar-refractivity contribution >= 4 is 11.7 Å². The summed E-state index contributed by atoms with van der Waals surface area (Å²) in [6, 6.07) is 7.93. The van der Waals surface area contributed by atoms with Gasteiger partial charge in [-0.25, -0.2) is 14.5 Å². The minimum atomic E-state index is -4.83. The molecular weight excluding hydrogens is 275 g/mol.